The highest BCUT2D eigenvalue weighted by atomic mass is 16.5. The maximum Gasteiger partial charge on any atom is 0.113 e. The Hall–Kier alpha value is -1.44. The summed E-state index contributed by atoms with van der Waals surface area (Å²) < 4.78 is 5.60. The van der Waals surface area contributed by atoms with Crippen molar-refractivity contribution in [3.8, 4) is 0 Å². The van der Waals surface area contributed by atoms with Crippen LogP contribution in [0.5, 0.6) is 0 Å². The van der Waals surface area contributed by atoms with Crippen molar-refractivity contribution in [2.24, 2.45) is 0 Å². The molecule has 0 atom stereocenters. The maximum atomic E-state index is 5.92. The average molecular weight is 259 g/mol. The Morgan fingerprint density at radius 2 is 1.95 bits per heavy atom. The van der Waals surface area contributed by atoms with Crippen molar-refractivity contribution in [1.82, 2.24) is 0 Å². The lowest BCUT2D eigenvalue weighted by atomic mass is 9.88. The van der Waals surface area contributed by atoms with Crippen molar-refractivity contribution in [1.29, 1.82) is 0 Å². The number of ether oxygens (including phenoxy) is 1. The summed E-state index contributed by atoms with van der Waals surface area (Å²) in [5.74, 6) is 1.43. The number of nitrogens with two attached hydrogens (primary N) is 1. The molecule has 104 valence electrons. The van der Waals surface area contributed by atoms with Crippen LogP contribution < -0.4 is 5.73 Å². The molecule has 0 radical (unpaired) electrons. The second-order valence-electron chi connectivity index (χ2n) is 5.64. The van der Waals surface area contributed by atoms with Crippen molar-refractivity contribution in [3.63, 3.8) is 0 Å². The Bertz CT molecular complexity index is 431. The molecule has 2 N–H and O–H groups in total. The van der Waals surface area contributed by atoms with Gasteiger partial charge in [0, 0.05) is 5.69 Å². The minimum absolute atomic E-state index is 0.589. The van der Waals surface area contributed by atoms with Gasteiger partial charge in [-0.3, -0.25) is 0 Å². The van der Waals surface area contributed by atoms with Gasteiger partial charge in [-0.25, -0.2) is 0 Å². The number of nitrogen functional groups attached to an aromatic ring is 1. The van der Waals surface area contributed by atoms with Crippen molar-refractivity contribution in [3.05, 3.63) is 41.7 Å². The second-order valence-corrected chi connectivity index (χ2v) is 5.64. The van der Waals surface area contributed by atoms with Crippen LogP contribution in [0.15, 0.2) is 30.5 Å². The molecule has 2 nitrogen and oxygen atoms in total. The van der Waals surface area contributed by atoms with Gasteiger partial charge in [-0.1, -0.05) is 38.3 Å². The van der Waals surface area contributed by atoms with Gasteiger partial charge < -0.3 is 10.5 Å². The second kappa shape index (κ2) is 6.65. The van der Waals surface area contributed by atoms with E-state index in [2.05, 4.69) is 18.7 Å². The Morgan fingerprint density at radius 1 is 1.26 bits per heavy atom. The van der Waals surface area contributed by atoms with Crippen LogP contribution in [0.25, 0.3) is 0 Å². The largest absolute Gasteiger partial charge is 0.494 e. The van der Waals surface area contributed by atoms with E-state index in [1.54, 1.807) is 0 Å². The zero-order chi connectivity index (χ0) is 13.7. The van der Waals surface area contributed by atoms with Crippen LogP contribution in [0, 0.1) is 0 Å². The maximum absolute atomic E-state index is 5.92. The lowest BCUT2D eigenvalue weighted by Gasteiger charge is -2.19. The number of allylic oxidation sites excluding steroid dienone is 1. The molecule has 1 aliphatic carbocycles. The van der Waals surface area contributed by atoms with Gasteiger partial charge in [-0.2, -0.15) is 0 Å². The molecule has 1 saturated carbocycles. The highest BCUT2D eigenvalue weighted by molar-refractivity contribution is 5.45. The number of hydrogen-bond donors (Lipinski definition) is 1. The monoisotopic (exact) mass is 259 g/mol. The Labute approximate surface area is 116 Å². The molecule has 0 aliphatic heterocycles. The first kappa shape index (κ1) is 14.0. The molecule has 1 fully saturated rings. The smallest absolute Gasteiger partial charge is 0.113 e. The predicted molar refractivity (Wildman–Crippen MR) is 80.9 cm³/mol. The van der Waals surface area contributed by atoms with E-state index in [0.717, 1.165) is 11.4 Å². The summed E-state index contributed by atoms with van der Waals surface area (Å²) in [6.45, 7) is 6.27. The van der Waals surface area contributed by atoms with Crippen LogP contribution in [-0.2, 0) is 11.3 Å². The zero-order valence-corrected chi connectivity index (χ0v) is 12.0. The number of rotatable bonds is 4. The molecule has 0 bridgehead atoms. The van der Waals surface area contributed by atoms with E-state index in [1.807, 2.05) is 13.0 Å². The van der Waals surface area contributed by atoms with Crippen LogP contribution in [0.3, 0.4) is 0 Å². The first-order chi connectivity index (χ1) is 9.16. The van der Waals surface area contributed by atoms with Crippen molar-refractivity contribution < 1.29 is 4.74 Å². The van der Waals surface area contributed by atoms with Crippen LogP contribution in [-0.4, -0.2) is 0 Å². The zero-order valence-electron chi connectivity index (χ0n) is 12.0. The molecule has 0 saturated heterocycles. The summed E-state index contributed by atoms with van der Waals surface area (Å²) in [5, 5.41) is 0. The third-order valence-corrected chi connectivity index (χ3v) is 3.94. The topological polar surface area (TPSA) is 35.2 Å². The first-order valence-corrected chi connectivity index (χ1v) is 7.33. The lowest BCUT2D eigenvalue weighted by molar-refractivity contribution is 0.201. The molecule has 1 aromatic rings. The van der Waals surface area contributed by atoms with Gasteiger partial charge in [0.15, 0.2) is 0 Å². The number of anilines is 1. The highest BCUT2D eigenvalue weighted by Gasteiger charge is 2.17. The fourth-order valence-electron chi connectivity index (χ4n) is 2.94. The van der Waals surface area contributed by atoms with E-state index < -0.39 is 0 Å². The lowest BCUT2D eigenvalue weighted by Crippen LogP contribution is -2.04. The molecule has 0 unspecified atom stereocenters. The molecule has 0 spiro atoms. The first-order valence-electron chi connectivity index (χ1n) is 7.33. The van der Waals surface area contributed by atoms with E-state index in [4.69, 9.17) is 10.5 Å². The summed E-state index contributed by atoms with van der Waals surface area (Å²) in [7, 11) is 0. The molecule has 0 heterocycles. The molecule has 2 heteroatoms. The Morgan fingerprint density at radius 3 is 2.58 bits per heavy atom. The minimum atomic E-state index is 0.589. The van der Waals surface area contributed by atoms with E-state index in [-0.39, 0.29) is 0 Å². The number of benzene rings is 1. The Kier molecular flexibility index (Phi) is 4.89. The van der Waals surface area contributed by atoms with Gasteiger partial charge in [-0.15, -0.1) is 0 Å². The summed E-state index contributed by atoms with van der Waals surface area (Å²) in [6.07, 6.45) is 8.03. The van der Waals surface area contributed by atoms with E-state index in [9.17, 15) is 0 Å². The Balaban J connectivity index is 2.19. The predicted octanol–water partition coefficient (Wildman–Crippen LogP) is 4.76. The van der Waals surface area contributed by atoms with Gasteiger partial charge in [0.1, 0.15) is 6.61 Å². The van der Waals surface area contributed by atoms with Crippen LogP contribution >= 0.6 is 0 Å². The third-order valence-electron chi connectivity index (χ3n) is 3.94. The van der Waals surface area contributed by atoms with Gasteiger partial charge in [-0.05, 0) is 48.9 Å². The molecule has 1 aromatic carbocycles. The number of hydrogen-bond acceptors (Lipinski definition) is 2. The molecular weight excluding hydrogens is 234 g/mol. The summed E-state index contributed by atoms with van der Waals surface area (Å²) in [4.78, 5) is 0. The minimum Gasteiger partial charge on any atom is -0.494 e. The standard InChI is InChI=1S/C17H25NO/c1-13(2)19-12-15-11-16(18)9-10-17(15)14-7-5-3-4-6-8-14/h9-11,14H,1,3-8,12,18H2,2H3. The van der Waals surface area contributed by atoms with Crippen LogP contribution in [0.1, 0.15) is 62.5 Å². The summed E-state index contributed by atoms with van der Waals surface area (Å²) in [6, 6.07) is 6.27. The molecule has 0 aromatic heterocycles. The average Bonchev–Trinajstić information content (AvgIpc) is 2.65. The van der Waals surface area contributed by atoms with Gasteiger partial charge in [0.25, 0.3) is 0 Å². The van der Waals surface area contributed by atoms with Gasteiger partial charge in [0.2, 0.25) is 0 Å². The van der Waals surface area contributed by atoms with Crippen molar-refractivity contribution in [2.45, 2.75) is 58.0 Å². The summed E-state index contributed by atoms with van der Waals surface area (Å²) in [5.41, 5.74) is 9.39. The fraction of sp³-hybridized carbons (Fsp3) is 0.529. The fourth-order valence-corrected chi connectivity index (χ4v) is 2.94. The quantitative estimate of drug-likeness (QED) is 0.481. The summed E-state index contributed by atoms with van der Waals surface area (Å²) >= 11 is 0. The molecule has 2 rings (SSSR count). The molecule has 0 amide bonds. The van der Waals surface area contributed by atoms with Crippen molar-refractivity contribution >= 4 is 5.69 Å². The normalized spacial score (nSPS) is 16.9. The molecular formula is C17H25NO. The van der Waals surface area contributed by atoms with E-state index in [1.165, 1.54) is 49.7 Å². The van der Waals surface area contributed by atoms with E-state index in [0.29, 0.717) is 12.5 Å². The third kappa shape index (κ3) is 4.02. The SMILES string of the molecule is C=C(C)OCc1cc(N)ccc1C1CCCCCC1. The van der Waals surface area contributed by atoms with Crippen LogP contribution in [0.2, 0.25) is 0 Å². The van der Waals surface area contributed by atoms with Gasteiger partial charge >= 0.3 is 0 Å². The highest BCUT2D eigenvalue weighted by Crippen LogP contribution is 2.34. The van der Waals surface area contributed by atoms with Gasteiger partial charge in [0.05, 0.1) is 5.76 Å². The van der Waals surface area contributed by atoms with Crippen LogP contribution in [0.4, 0.5) is 5.69 Å². The molecule has 19 heavy (non-hydrogen) atoms. The molecule has 1 aliphatic rings. The van der Waals surface area contributed by atoms with E-state index >= 15 is 0 Å². The van der Waals surface area contributed by atoms with Crippen molar-refractivity contribution in [2.75, 3.05) is 5.73 Å².